The van der Waals surface area contributed by atoms with Crippen LogP contribution in [0.3, 0.4) is 0 Å². The van der Waals surface area contributed by atoms with E-state index in [1.807, 2.05) is 0 Å². The Balaban J connectivity index is 2.71. The summed E-state index contributed by atoms with van der Waals surface area (Å²) >= 11 is -0.334. The average Bonchev–Trinajstić information content (AvgIpc) is 2.58. The van der Waals surface area contributed by atoms with Crippen molar-refractivity contribution in [1.82, 2.24) is 4.98 Å². The van der Waals surface area contributed by atoms with Gasteiger partial charge in [-0.15, -0.1) is 0 Å². The molecule has 1 heterocycles. The number of carbonyl (C=O) groups is 1. The van der Waals surface area contributed by atoms with Crippen molar-refractivity contribution in [2.75, 3.05) is 13.9 Å². The van der Waals surface area contributed by atoms with Gasteiger partial charge in [-0.3, -0.25) is 0 Å². The first-order valence-electron chi connectivity index (χ1n) is 9.12. The Kier molecular flexibility index (Phi) is 6.92. The molecule has 0 amide bonds. The van der Waals surface area contributed by atoms with Crippen LogP contribution < -0.4 is 13.8 Å². The van der Waals surface area contributed by atoms with Crippen LogP contribution in [0.2, 0.25) is 0 Å². The summed E-state index contributed by atoms with van der Waals surface area (Å²) in [5.41, 5.74) is 2.31. The molecular formula is C22H29NO4Se. The van der Waals surface area contributed by atoms with Crippen LogP contribution in [0.25, 0.3) is 0 Å². The standard InChI is InChI=1S/C22H29NO4Se/c1-21(2,3)14-11-16(22(4,5)6)18(27-13-26-7)17(12-14)28-19-15(20(24)25)9-8-10-23-19/h8-12H,13H2,1-7H3,(H,24,25). The molecule has 0 atom stereocenters. The van der Waals surface area contributed by atoms with Crippen molar-refractivity contribution in [3.8, 4) is 5.75 Å². The van der Waals surface area contributed by atoms with E-state index in [9.17, 15) is 9.90 Å². The van der Waals surface area contributed by atoms with Crippen LogP contribution in [0.5, 0.6) is 5.75 Å². The molecule has 1 aromatic carbocycles. The number of ether oxygens (including phenoxy) is 2. The Labute approximate surface area is 173 Å². The van der Waals surface area contributed by atoms with Gasteiger partial charge in [0.25, 0.3) is 0 Å². The molecule has 28 heavy (non-hydrogen) atoms. The number of aromatic nitrogens is 1. The fourth-order valence-corrected chi connectivity index (χ4v) is 4.84. The van der Waals surface area contributed by atoms with Gasteiger partial charge >= 0.3 is 174 Å². The van der Waals surface area contributed by atoms with Crippen molar-refractivity contribution in [3.63, 3.8) is 0 Å². The monoisotopic (exact) mass is 451 g/mol. The minimum absolute atomic E-state index is 0.0512. The number of carboxylic acids is 1. The number of aromatic carboxylic acids is 1. The summed E-state index contributed by atoms with van der Waals surface area (Å²) in [6, 6.07) is 7.57. The second-order valence-corrected chi connectivity index (χ2v) is 10.8. The van der Waals surface area contributed by atoms with Gasteiger partial charge in [-0.05, 0) is 0 Å². The third kappa shape index (κ3) is 5.34. The van der Waals surface area contributed by atoms with Crippen molar-refractivity contribution in [3.05, 3.63) is 47.2 Å². The molecule has 0 fully saturated rings. The molecule has 152 valence electrons. The summed E-state index contributed by atoms with van der Waals surface area (Å²) in [5, 5.41) is 9.54. The van der Waals surface area contributed by atoms with E-state index in [4.69, 9.17) is 9.47 Å². The van der Waals surface area contributed by atoms with Crippen LogP contribution in [-0.4, -0.2) is 44.9 Å². The zero-order valence-electron chi connectivity index (χ0n) is 17.6. The molecule has 0 spiro atoms. The molecule has 0 aliphatic rings. The van der Waals surface area contributed by atoms with Crippen molar-refractivity contribution in [2.45, 2.75) is 52.4 Å². The second kappa shape index (κ2) is 8.64. The Morgan fingerprint density at radius 1 is 1.14 bits per heavy atom. The molecular weight excluding hydrogens is 421 g/mol. The van der Waals surface area contributed by atoms with Gasteiger partial charge in [0.1, 0.15) is 0 Å². The van der Waals surface area contributed by atoms with Gasteiger partial charge in [0.05, 0.1) is 0 Å². The van der Waals surface area contributed by atoms with Crippen LogP contribution in [0.4, 0.5) is 0 Å². The van der Waals surface area contributed by atoms with Crippen LogP contribution in [0, 0.1) is 0 Å². The average molecular weight is 450 g/mol. The van der Waals surface area contributed by atoms with E-state index in [-0.39, 0.29) is 38.1 Å². The number of nitrogens with zero attached hydrogens (tertiary/aromatic N) is 1. The summed E-state index contributed by atoms with van der Waals surface area (Å²) in [4.78, 5) is 16.0. The number of rotatable bonds is 6. The topological polar surface area (TPSA) is 68.7 Å². The predicted octanol–water partition coefficient (Wildman–Crippen LogP) is 3.01. The van der Waals surface area contributed by atoms with Crippen molar-refractivity contribution in [1.29, 1.82) is 0 Å². The van der Waals surface area contributed by atoms with Crippen LogP contribution >= 0.6 is 0 Å². The SMILES string of the molecule is COCOc1c([Se]c2ncccc2C(=O)O)cc(C(C)(C)C)cc1C(C)(C)C. The summed E-state index contributed by atoms with van der Waals surface area (Å²) < 4.78 is 12.7. The Morgan fingerprint density at radius 3 is 2.36 bits per heavy atom. The summed E-state index contributed by atoms with van der Waals surface area (Å²) in [5.74, 6) is -0.198. The van der Waals surface area contributed by atoms with E-state index in [0.717, 1.165) is 15.8 Å². The Morgan fingerprint density at radius 2 is 1.82 bits per heavy atom. The fourth-order valence-electron chi connectivity index (χ4n) is 2.67. The van der Waals surface area contributed by atoms with Gasteiger partial charge < -0.3 is 0 Å². The summed E-state index contributed by atoms with van der Waals surface area (Å²) in [6.45, 7) is 13.1. The van der Waals surface area contributed by atoms with Crippen LogP contribution in [0.15, 0.2) is 30.5 Å². The third-order valence-corrected chi connectivity index (χ3v) is 6.44. The first-order chi connectivity index (χ1) is 12.9. The van der Waals surface area contributed by atoms with Gasteiger partial charge in [0.2, 0.25) is 0 Å². The second-order valence-electron chi connectivity index (χ2n) is 8.67. The predicted molar refractivity (Wildman–Crippen MR) is 113 cm³/mol. The molecule has 0 unspecified atom stereocenters. The number of hydrogen-bond donors (Lipinski definition) is 1. The molecule has 2 rings (SSSR count). The van der Waals surface area contributed by atoms with E-state index in [1.165, 1.54) is 5.56 Å². The molecule has 6 heteroatoms. The van der Waals surface area contributed by atoms with Crippen molar-refractivity contribution in [2.24, 2.45) is 0 Å². The normalized spacial score (nSPS) is 12.1. The van der Waals surface area contributed by atoms with Crippen molar-refractivity contribution < 1.29 is 19.4 Å². The Hall–Kier alpha value is -1.88. The van der Waals surface area contributed by atoms with Crippen LogP contribution in [-0.2, 0) is 15.6 Å². The van der Waals surface area contributed by atoms with E-state index >= 15 is 0 Å². The molecule has 5 nitrogen and oxygen atoms in total. The van der Waals surface area contributed by atoms with Gasteiger partial charge in [-0.2, -0.15) is 0 Å². The first kappa shape index (κ1) is 22.4. The number of hydrogen-bond acceptors (Lipinski definition) is 4. The van der Waals surface area contributed by atoms with Gasteiger partial charge in [-0.1, -0.05) is 0 Å². The van der Waals surface area contributed by atoms with E-state index in [2.05, 4.69) is 58.7 Å². The van der Waals surface area contributed by atoms with Gasteiger partial charge in [-0.25, -0.2) is 0 Å². The summed E-state index contributed by atoms with van der Waals surface area (Å²) in [6.07, 6.45) is 1.64. The fraction of sp³-hybridized carbons (Fsp3) is 0.455. The molecule has 0 bridgehead atoms. The first-order valence-corrected chi connectivity index (χ1v) is 10.8. The van der Waals surface area contributed by atoms with Gasteiger partial charge in [0.15, 0.2) is 0 Å². The maximum absolute atomic E-state index is 11.6. The van der Waals surface area contributed by atoms with E-state index in [1.54, 1.807) is 25.4 Å². The number of pyridine rings is 1. The number of carboxylic acid groups (broad SMARTS) is 1. The molecule has 0 saturated heterocycles. The minimum atomic E-state index is -0.965. The summed E-state index contributed by atoms with van der Waals surface area (Å²) in [7, 11) is 1.59. The molecule has 0 saturated carbocycles. The Bertz CT molecular complexity index is 851. The van der Waals surface area contributed by atoms with E-state index in [0.29, 0.717) is 4.59 Å². The van der Waals surface area contributed by atoms with E-state index < -0.39 is 5.97 Å². The number of benzene rings is 1. The zero-order valence-corrected chi connectivity index (χ0v) is 19.3. The maximum atomic E-state index is 11.6. The molecule has 0 radical (unpaired) electrons. The van der Waals surface area contributed by atoms with Crippen LogP contribution in [0.1, 0.15) is 63.0 Å². The number of methoxy groups -OCH3 is 1. The third-order valence-electron chi connectivity index (χ3n) is 4.26. The molecule has 1 N–H and O–H groups in total. The van der Waals surface area contributed by atoms with Gasteiger partial charge in [0, 0.05) is 0 Å². The molecule has 0 aliphatic carbocycles. The molecule has 1 aromatic heterocycles. The molecule has 2 aromatic rings. The van der Waals surface area contributed by atoms with Crippen molar-refractivity contribution >= 4 is 30.0 Å². The zero-order chi connectivity index (χ0) is 21.1. The quantitative estimate of drug-likeness (QED) is 0.541. The molecule has 0 aliphatic heterocycles.